The first-order chi connectivity index (χ1) is 9.52. The molecule has 1 fully saturated rings. The summed E-state index contributed by atoms with van der Waals surface area (Å²) in [5.74, 6) is -1.77. The molecule has 110 valence electrons. The lowest BCUT2D eigenvalue weighted by Gasteiger charge is -2.27. The fraction of sp³-hybridized carbons (Fsp3) is 0.500. The van der Waals surface area contributed by atoms with Gasteiger partial charge >= 0.3 is 5.97 Å². The number of hydrogen-bond acceptors (Lipinski definition) is 3. The summed E-state index contributed by atoms with van der Waals surface area (Å²) in [6, 6.07) is 3.41. The first-order valence-electron chi connectivity index (χ1n) is 6.49. The van der Waals surface area contributed by atoms with Crippen LogP contribution in [-0.4, -0.2) is 33.7 Å². The molecule has 0 heterocycles. The van der Waals surface area contributed by atoms with Crippen LogP contribution in [0.15, 0.2) is 23.1 Å². The van der Waals surface area contributed by atoms with E-state index in [2.05, 4.69) is 0 Å². The van der Waals surface area contributed by atoms with E-state index in [1.54, 1.807) is 7.11 Å². The van der Waals surface area contributed by atoms with Gasteiger partial charge in [0.25, 0.3) is 0 Å². The van der Waals surface area contributed by atoms with E-state index < -0.39 is 22.6 Å². The minimum Gasteiger partial charge on any atom is -0.478 e. The van der Waals surface area contributed by atoms with E-state index in [9.17, 15) is 13.4 Å². The number of carboxylic acids is 1. The molecule has 3 atom stereocenters. The van der Waals surface area contributed by atoms with Gasteiger partial charge in [0.2, 0.25) is 0 Å². The third-order valence-corrected chi connectivity index (χ3v) is 5.39. The number of halogens is 1. The second-order valence-corrected chi connectivity index (χ2v) is 6.60. The van der Waals surface area contributed by atoms with E-state index in [4.69, 9.17) is 9.84 Å². The maximum absolute atomic E-state index is 13.8. The molecule has 6 heteroatoms. The molecule has 1 aromatic carbocycles. The second kappa shape index (κ2) is 6.45. The van der Waals surface area contributed by atoms with Gasteiger partial charge in [0.15, 0.2) is 0 Å². The molecular weight excluding hydrogens is 283 g/mol. The van der Waals surface area contributed by atoms with Gasteiger partial charge in [-0.05, 0) is 43.9 Å². The van der Waals surface area contributed by atoms with Crippen molar-refractivity contribution in [1.29, 1.82) is 0 Å². The van der Waals surface area contributed by atoms with Gasteiger partial charge in [-0.15, -0.1) is 0 Å². The average Bonchev–Trinajstić information content (AvgIpc) is 2.46. The van der Waals surface area contributed by atoms with E-state index in [0.717, 1.165) is 25.3 Å². The molecule has 3 unspecified atom stereocenters. The summed E-state index contributed by atoms with van der Waals surface area (Å²) < 4.78 is 31.6. The Bertz CT molecular complexity index is 532. The standard InChI is InChI=1S/C14H17FO4S/c1-19-10-3-2-4-11(8-10)20(18)13-7-9(14(16)17)5-6-12(13)15/h5-7,10-11H,2-4,8H2,1H3,(H,16,17). The molecule has 0 aliphatic heterocycles. The summed E-state index contributed by atoms with van der Waals surface area (Å²) in [5, 5.41) is 8.74. The highest BCUT2D eigenvalue weighted by atomic mass is 32.2. The number of methoxy groups -OCH3 is 1. The number of rotatable bonds is 4. The highest BCUT2D eigenvalue weighted by molar-refractivity contribution is 7.85. The van der Waals surface area contributed by atoms with E-state index in [1.165, 1.54) is 12.1 Å². The quantitative estimate of drug-likeness (QED) is 0.928. The molecule has 0 spiro atoms. The van der Waals surface area contributed by atoms with Crippen molar-refractivity contribution in [2.24, 2.45) is 0 Å². The van der Waals surface area contributed by atoms with E-state index in [-0.39, 0.29) is 21.8 Å². The molecule has 0 bridgehead atoms. The molecule has 1 aromatic rings. The van der Waals surface area contributed by atoms with Gasteiger partial charge in [0, 0.05) is 12.4 Å². The van der Waals surface area contributed by atoms with Crippen LogP contribution in [-0.2, 0) is 15.5 Å². The lowest BCUT2D eigenvalue weighted by Crippen LogP contribution is -2.29. The van der Waals surface area contributed by atoms with Crippen molar-refractivity contribution in [1.82, 2.24) is 0 Å². The number of ether oxygens (including phenoxy) is 1. The fourth-order valence-electron chi connectivity index (χ4n) is 2.48. The number of hydrogen-bond donors (Lipinski definition) is 1. The van der Waals surface area contributed by atoms with Gasteiger partial charge < -0.3 is 9.84 Å². The Morgan fingerprint density at radius 3 is 2.85 bits per heavy atom. The van der Waals surface area contributed by atoms with Crippen molar-refractivity contribution < 1.29 is 23.2 Å². The van der Waals surface area contributed by atoms with E-state index in [0.29, 0.717) is 6.42 Å². The van der Waals surface area contributed by atoms with Gasteiger partial charge in [-0.3, -0.25) is 4.21 Å². The third-order valence-electron chi connectivity index (χ3n) is 3.61. The smallest absolute Gasteiger partial charge is 0.335 e. The van der Waals surface area contributed by atoms with E-state index >= 15 is 0 Å². The zero-order chi connectivity index (χ0) is 14.7. The molecule has 0 saturated heterocycles. The summed E-state index contributed by atoms with van der Waals surface area (Å²) in [6.07, 6.45) is 3.20. The van der Waals surface area contributed by atoms with Crippen LogP contribution in [0.25, 0.3) is 0 Å². The summed E-state index contributed by atoms with van der Waals surface area (Å²) >= 11 is 0. The van der Waals surface area contributed by atoms with Crippen LogP contribution in [0.5, 0.6) is 0 Å². The largest absolute Gasteiger partial charge is 0.478 e. The van der Waals surface area contributed by atoms with Crippen molar-refractivity contribution in [2.75, 3.05) is 7.11 Å². The number of benzene rings is 1. The summed E-state index contributed by atoms with van der Waals surface area (Å²) in [6.45, 7) is 0. The van der Waals surface area contributed by atoms with Gasteiger partial charge in [-0.25, -0.2) is 9.18 Å². The Morgan fingerprint density at radius 1 is 1.45 bits per heavy atom. The van der Waals surface area contributed by atoms with Crippen molar-refractivity contribution >= 4 is 16.8 Å². The molecule has 1 aliphatic rings. The van der Waals surface area contributed by atoms with Crippen LogP contribution in [0.4, 0.5) is 4.39 Å². The second-order valence-electron chi connectivity index (χ2n) is 4.89. The monoisotopic (exact) mass is 300 g/mol. The number of carboxylic acid groups (broad SMARTS) is 1. The zero-order valence-corrected chi connectivity index (χ0v) is 12.0. The number of aromatic carboxylic acids is 1. The normalized spacial score (nSPS) is 24.3. The Labute approximate surface area is 119 Å². The van der Waals surface area contributed by atoms with Crippen LogP contribution < -0.4 is 0 Å². The summed E-state index contributed by atoms with van der Waals surface area (Å²) in [4.78, 5) is 10.9. The van der Waals surface area contributed by atoms with Crippen molar-refractivity contribution in [3.05, 3.63) is 29.6 Å². The Balaban J connectivity index is 2.24. The maximum Gasteiger partial charge on any atom is 0.335 e. The predicted octanol–water partition coefficient (Wildman–Crippen LogP) is 2.59. The number of carbonyl (C=O) groups is 1. The highest BCUT2D eigenvalue weighted by Gasteiger charge is 2.28. The zero-order valence-electron chi connectivity index (χ0n) is 11.2. The molecule has 0 radical (unpaired) electrons. The highest BCUT2D eigenvalue weighted by Crippen LogP contribution is 2.29. The lowest BCUT2D eigenvalue weighted by molar-refractivity contribution is 0.0695. The molecule has 20 heavy (non-hydrogen) atoms. The molecule has 1 saturated carbocycles. The third kappa shape index (κ3) is 3.24. The SMILES string of the molecule is COC1CCCC(S(=O)c2cc(C(=O)O)ccc2F)C1. The van der Waals surface area contributed by atoms with Gasteiger partial charge in [-0.2, -0.15) is 0 Å². The summed E-state index contributed by atoms with van der Waals surface area (Å²) in [5.41, 5.74) is -0.0474. The molecular formula is C14H17FO4S. The van der Waals surface area contributed by atoms with Crippen molar-refractivity contribution in [3.63, 3.8) is 0 Å². The Kier molecular flexibility index (Phi) is 4.88. The van der Waals surface area contributed by atoms with Crippen LogP contribution in [0.3, 0.4) is 0 Å². The Hall–Kier alpha value is -1.27. The predicted molar refractivity (Wildman–Crippen MR) is 72.8 cm³/mol. The van der Waals surface area contributed by atoms with Crippen LogP contribution in [0, 0.1) is 5.82 Å². The first kappa shape index (κ1) is 15.1. The van der Waals surface area contributed by atoms with E-state index in [1.807, 2.05) is 0 Å². The maximum atomic E-state index is 13.8. The van der Waals surface area contributed by atoms with Gasteiger partial charge in [0.05, 0.1) is 27.4 Å². The minimum atomic E-state index is -1.55. The van der Waals surface area contributed by atoms with Crippen LogP contribution in [0.2, 0.25) is 0 Å². The lowest BCUT2D eigenvalue weighted by atomic mass is 9.97. The van der Waals surface area contributed by atoms with Crippen molar-refractivity contribution in [3.8, 4) is 0 Å². The molecule has 2 rings (SSSR count). The average molecular weight is 300 g/mol. The molecule has 1 aliphatic carbocycles. The molecule has 4 nitrogen and oxygen atoms in total. The fourth-order valence-corrected chi connectivity index (χ4v) is 4.11. The van der Waals surface area contributed by atoms with Crippen LogP contribution in [0.1, 0.15) is 36.0 Å². The molecule has 0 aromatic heterocycles. The Morgan fingerprint density at radius 2 is 2.20 bits per heavy atom. The topological polar surface area (TPSA) is 63.6 Å². The van der Waals surface area contributed by atoms with Crippen LogP contribution >= 0.6 is 0 Å². The minimum absolute atomic E-state index is 0.0216. The molecule has 0 amide bonds. The van der Waals surface area contributed by atoms with Crippen molar-refractivity contribution in [2.45, 2.75) is 41.9 Å². The van der Waals surface area contributed by atoms with Gasteiger partial charge in [0.1, 0.15) is 5.82 Å². The summed E-state index contributed by atoms with van der Waals surface area (Å²) in [7, 11) is 0.0638. The first-order valence-corrected chi connectivity index (χ1v) is 7.70. The van der Waals surface area contributed by atoms with Gasteiger partial charge in [-0.1, -0.05) is 0 Å². The molecule has 1 N–H and O–H groups in total.